The van der Waals surface area contributed by atoms with Crippen LogP contribution in [0.15, 0.2) is 48.5 Å². The Morgan fingerprint density at radius 3 is 2.29 bits per heavy atom. The summed E-state index contributed by atoms with van der Waals surface area (Å²) in [6.07, 6.45) is 0. The Hall–Kier alpha value is -1.36. The van der Waals surface area contributed by atoms with Crippen LogP contribution >= 0.6 is 0 Å². The van der Waals surface area contributed by atoms with Gasteiger partial charge in [-0.1, -0.05) is 36.4 Å². The molecule has 0 radical (unpaired) electrons. The molecule has 1 N–H and O–H groups in total. The molecule has 0 bridgehead atoms. The van der Waals surface area contributed by atoms with E-state index in [2.05, 4.69) is 0 Å². The minimum Gasteiger partial charge on any atom is -1.00 e. The Bertz CT molecular complexity index is 534. The molecule has 0 heterocycles. The van der Waals surface area contributed by atoms with E-state index in [0.717, 1.165) is 0 Å². The molecule has 0 fully saturated rings. The molecular formula is C12H10NNaO3. The summed E-state index contributed by atoms with van der Waals surface area (Å²) >= 11 is 0. The third-order valence-electron chi connectivity index (χ3n) is 2.28. The van der Waals surface area contributed by atoms with Crippen molar-refractivity contribution in [1.29, 1.82) is 0 Å². The van der Waals surface area contributed by atoms with E-state index < -0.39 is 4.92 Å². The van der Waals surface area contributed by atoms with Gasteiger partial charge in [-0.15, -0.1) is 0 Å². The Morgan fingerprint density at radius 2 is 1.71 bits per heavy atom. The van der Waals surface area contributed by atoms with E-state index in [1.54, 1.807) is 24.3 Å². The summed E-state index contributed by atoms with van der Waals surface area (Å²) in [5.41, 5.74) is 0.798. The number of phenolic OH excluding ortho intramolecular Hbond substituents is 1. The van der Waals surface area contributed by atoms with Crippen molar-refractivity contribution in [2.75, 3.05) is 0 Å². The smallest absolute Gasteiger partial charge is 1.00 e. The van der Waals surface area contributed by atoms with E-state index >= 15 is 0 Å². The first-order chi connectivity index (χ1) is 7.70. The van der Waals surface area contributed by atoms with E-state index in [1.807, 2.05) is 6.07 Å². The van der Waals surface area contributed by atoms with E-state index in [4.69, 9.17) is 0 Å². The van der Waals surface area contributed by atoms with E-state index in [1.165, 1.54) is 18.2 Å². The van der Waals surface area contributed by atoms with Crippen molar-refractivity contribution in [1.82, 2.24) is 0 Å². The minimum absolute atomic E-state index is 0. The monoisotopic (exact) mass is 239 g/mol. The summed E-state index contributed by atoms with van der Waals surface area (Å²) in [4.78, 5) is 10.3. The second-order valence-electron chi connectivity index (χ2n) is 3.29. The maximum atomic E-state index is 10.8. The van der Waals surface area contributed by atoms with Crippen molar-refractivity contribution < 1.29 is 41.0 Å². The second kappa shape index (κ2) is 5.82. The topological polar surface area (TPSA) is 63.4 Å². The summed E-state index contributed by atoms with van der Waals surface area (Å²) in [6.45, 7) is 0. The summed E-state index contributed by atoms with van der Waals surface area (Å²) in [7, 11) is 0. The maximum Gasteiger partial charge on any atom is 1.00 e. The molecule has 0 spiro atoms. The zero-order valence-electron chi connectivity index (χ0n) is 10.3. The predicted octanol–water partition coefficient (Wildman–Crippen LogP) is 0.0839. The van der Waals surface area contributed by atoms with Gasteiger partial charge in [-0.2, -0.15) is 0 Å². The first-order valence-electron chi connectivity index (χ1n) is 4.72. The summed E-state index contributed by atoms with van der Waals surface area (Å²) < 4.78 is 0. The van der Waals surface area contributed by atoms with Gasteiger partial charge in [0.05, 0.1) is 4.92 Å². The third kappa shape index (κ3) is 2.85. The fourth-order valence-corrected chi connectivity index (χ4v) is 1.58. The normalized spacial score (nSPS) is 9.41. The molecule has 2 rings (SSSR count). The van der Waals surface area contributed by atoms with Crippen LogP contribution in [0.5, 0.6) is 5.75 Å². The standard InChI is InChI=1S/C12H9NO3.Na.H/c14-11-8-4-7-10(13(15)16)12(11)9-5-2-1-3-6-9;;/h1-8,14H;;/q;+1;-1. The number of phenols is 1. The maximum absolute atomic E-state index is 10.8. The molecule has 0 atom stereocenters. The van der Waals surface area contributed by atoms with E-state index in [0.29, 0.717) is 5.56 Å². The number of rotatable bonds is 2. The van der Waals surface area contributed by atoms with Crippen LogP contribution in [0.3, 0.4) is 0 Å². The largest absolute Gasteiger partial charge is 1.00 e. The van der Waals surface area contributed by atoms with E-state index in [9.17, 15) is 15.2 Å². The van der Waals surface area contributed by atoms with Crippen molar-refractivity contribution >= 4 is 5.69 Å². The van der Waals surface area contributed by atoms with Crippen LogP contribution in [0.25, 0.3) is 11.1 Å². The molecule has 4 nitrogen and oxygen atoms in total. The van der Waals surface area contributed by atoms with Crippen LogP contribution in [0.2, 0.25) is 0 Å². The van der Waals surface area contributed by atoms with Crippen molar-refractivity contribution in [3.05, 3.63) is 58.6 Å². The average Bonchev–Trinajstić information content (AvgIpc) is 2.29. The number of nitro benzene ring substituents is 1. The molecule has 0 unspecified atom stereocenters. The fraction of sp³-hybridized carbons (Fsp3) is 0. The van der Waals surface area contributed by atoms with Gasteiger partial charge >= 0.3 is 29.6 Å². The van der Waals surface area contributed by atoms with Crippen LogP contribution in [0.1, 0.15) is 1.43 Å². The molecule has 0 saturated carbocycles. The van der Waals surface area contributed by atoms with Crippen LogP contribution < -0.4 is 29.6 Å². The number of hydrogen-bond donors (Lipinski definition) is 1. The minimum atomic E-state index is -0.498. The quantitative estimate of drug-likeness (QED) is 0.458. The van der Waals surface area contributed by atoms with Gasteiger partial charge in [-0.05, 0) is 11.6 Å². The van der Waals surface area contributed by atoms with Crippen LogP contribution in [-0.4, -0.2) is 10.0 Å². The number of nitrogens with zero attached hydrogens (tertiary/aromatic N) is 1. The average molecular weight is 239 g/mol. The molecular weight excluding hydrogens is 229 g/mol. The SMILES string of the molecule is O=[N+]([O-])c1cccc(O)c1-c1ccccc1.[H-].[Na+]. The Labute approximate surface area is 122 Å². The van der Waals surface area contributed by atoms with Crippen molar-refractivity contribution in [3.63, 3.8) is 0 Å². The first kappa shape index (κ1) is 13.7. The molecule has 5 heteroatoms. The van der Waals surface area contributed by atoms with Crippen LogP contribution in [-0.2, 0) is 0 Å². The van der Waals surface area contributed by atoms with Gasteiger partial charge in [0.25, 0.3) is 5.69 Å². The molecule has 17 heavy (non-hydrogen) atoms. The number of benzene rings is 2. The molecule has 0 aliphatic rings. The van der Waals surface area contributed by atoms with Gasteiger partial charge in [-0.3, -0.25) is 10.1 Å². The second-order valence-corrected chi connectivity index (χ2v) is 3.29. The van der Waals surface area contributed by atoms with Crippen LogP contribution in [0.4, 0.5) is 5.69 Å². The number of nitro groups is 1. The predicted molar refractivity (Wildman–Crippen MR) is 61.3 cm³/mol. The van der Waals surface area contributed by atoms with Crippen molar-refractivity contribution in [2.24, 2.45) is 0 Å². The molecule has 0 saturated heterocycles. The zero-order chi connectivity index (χ0) is 11.5. The number of hydrogen-bond acceptors (Lipinski definition) is 3. The van der Waals surface area contributed by atoms with Crippen molar-refractivity contribution in [3.8, 4) is 16.9 Å². The Morgan fingerprint density at radius 1 is 1.06 bits per heavy atom. The molecule has 82 valence electrons. The molecule has 2 aromatic rings. The third-order valence-corrected chi connectivity index (χ3v) is 2.28. The van der Waals surface area contributed by atoms with Gasteiger partial charge in [0.15, 0.2) is 0 Å². The first-order valence-corrected chi connectivity index (χ1v) is 4.72. The summed E-state index contributed by atoms with van der Waals surface area (Å²) in [6, 6.07) is 13.1. The van der Waals surface area contributed by atoms with Gasteiger partial charge in [0, 0.05) is 6.07 Å². The summed E-state index contributed by atoms with van der Waals surface area (Å²) in [5, 5.41) is 20.5. The van der Waals surface area contributed by atoms with E-state index in [-0.39, 0.29) is 48.0 Å². The molecule has 0 amide bonds. The van der Waals surface area contributed by atoms with Gasteiger partial charge < -0.3 is 6.53 Å². The molecule has 2 aromatic carbocycles. The number of aromatic hydroxyl groups is 1. The molecule has 0 aromatic heterocycles. The Balaban J connectivity index is 0.00000144. The van der Waals surface area contributed by atoms with Crippen LogP contribution in [0, 0.1) is 10.1 Å². The molecule has 0 aliphatic heterocycles. The molecule has 0 aliphatic carbocycles. The summed E-state index contributed by atoms with van der Waals surface area (Å²) in [5.74, 6) is -0.0830. The Kier molecular flexibility index (Phi) is 4.69. The van der Waals surface area contributed by atoms with Gasteiger partial charge in [0.2, 0.25) is 0 Å². The van der Waals surface area contributed by atoms with Crippen molar-refractivity contribution in [2.45, 2.75) is 0 Å². The van der Waals surface area contributed by atoms with Gasteiger partial charge in [0.1, 0.15) is 11.3 Å². The fourth-order valence-electron chi connectivity index (χ4n) is 1.58. The van der Waals surface area contributed by atoms with Gasteiger partial charge in [-0.25, -0.2) is 0 Å². The zero-order valence-corrected chi connectivity index (χ0v) is 11.3.